The monoisotopic (exact) mass is 1080 g/mol. The van der Waals surface area contributed by atoms with Crippen LogP contribution >= 0.6 is 0 Å². The molecule has 6 heteroatoms. The number of hydrogen-bond donors (Lipinski definition) is 0. The Morgan fingerprint density at radius 2 is 0.877 bits per heavy atom. The molecule has 0 radical (unpaired) electrons. The lowest BCUT2D eigenvalue weighted by molar-refractivity contribution is 0.245. The number of pyridine rings is 2. The van der Waals surface area contributed by atoms with Gasteiger partial charge in [0.05, 0.1) is 28.7 Å². The van der Waals surface area contributed by atoms with Crippen molar-refractivity contribution in [3.8, 4) is 22.6 Å². The van der Waals surface area contributed by atoms with E-state index >= 15 is 0 Å². The average molecular weight is 1080 g/mol. The summed E-state index contributed by atoms with van der Waals surface area (Å²) in [5, 5.41) is 5.32. The lowest BCUT2D eigenvalue weighted by Gasteiger charge is -2.33. The molecular weight excluding hydrogens is 993 g/mol. The van der Waals surface area contributed by atoms with Crippen molar-refractivity contribution < 1.29 is 9.47 Å². The van der Waals surface area contributed by atoms with Gasteiger partial charge in [0, 0.05) is 33.5 Å². The van der Waals surface area contributed by atoms with E-state index in [9.17, 15) is 9.59 Å². The number of rotatable bonds is 24. The van der Waals surface area contributed by atoms with E-state index in [0.29, 0.717) is 40.2 Å². The smallest absolute Gasteiger partial charge is 0.197 e. The normalized spacial score (nSPS) is 12.5. The van der Waals surface area contributed by atoms with Crippen molar-refractivity contribution in [2.75, 3.05) is 6.61 Å². The molecule has 418 valence electrons. The van der Waals surface area contributed by atoms with Gasteiger partial charge in [-0.3, -0.25) is 9.59 Å². The Morgan fingerprint density at radius 3 is 1.47 bits per heavy atom. The van der Waals surface area contributed by atoms with E-state index in [4.69, 9.17) is 9.47 Å². The number of benzene rings is 8. The van der Waals surface area contributed by atoms with Crippen molar-refractivity contribution in [2.24, 2.45) is 0 Å². The highest BCUT2D eigenvalue weighted by atomic mass is 16.5. The number of para-hydroxylation sites is 2. The highest BCUT2D eigenvalue weighted by Crippen LogP contribution is 2.57. The molecule has 1 aliphatic rings. The van der Waals surface area contributed by atoms with Crippen LogP contribution in [-0.4, -0.2) is 15.7 Å². The zero-order valence-corrected chi connectivity index (χ0v) is 49.2. The summed E-state index contributed by atoms with van der Waals surface area (Å²) < 4.78 is 16.4. The van der Waals surface area contributed by atoms with E-state index < -0.39 is 0 Å². The maximum Gasteiger partial charge on any atom is 0.197 e. The van der Waals surface area contributed by atoms with Crippen LogP contribution < -0.4 is 20.3 Å². The van der Waals surface area contributed by atoms with Gasteiger partial charge in [-0.1, -0.05) is 205 Å². The molecule has 0 saturated carbocycles. The molecule has 81 heavy (non-hydrogen) atoms. The standard InChI is InChI=1S/C40H36N2O4.C35H48/c1-27-14-18-29(19-15-27)45-23-9-3-8-22-41-35-12-6-4-10-31(35)39(43)33-25-38-34(24-37(33)41)40(44)32-11-5-7-13-36(32)42(38)26-46-30-20-16-28(2)17-21-30;1-5-7-9-11-13-17-23-35(24-18-14-12-10-8-6-2)32-25-27(3)21-22-31(32)34-30-20-16-15-19-29(30)28(4)26-33(34)35/h4-7,10-21,24-25H,3,8-9,22-23,26H2,1-2H3;15-16,19-22,25-26H,5-14,17-18,23-24H2,1-4H3. The van der Waals surface area contributed by atoms with E-state index in [1.54, 1.807) is 11.1 Å². The zero-order valence-electron chi connectivity index (χ0n) is 49.2. The topological polar surface area (TPSA) is 62.5 Å². The van der Waals surface area contributed by atoms with Gasteiger partial charge in [-0.15, -0.1) is 0 Å². The second-order valence-corrected chi connectivity index (χ2v) is 23.3. The van der Waals surface area contributed by atoms with Crippen LogP contribution in [0.1, 0.15) is 156 Å². The summed E-state index contributed by atoms with van der Waals surface area (Å²) in [5.41, 5.74) is 14.7. The molecule has 6 nitrogen and oxygen atoms in total. The third-order valence-corrected chi connectivity index (χ3v) is 17.4. The Kier molecular flexibility index (Phi) is 18.5. The predicted octanol–water partition coefficient (Wildman–Crippen LogP) is 19.7. The maximum absolute atomic E-state index is 14.0. The molecule has 2 heterocycles. The van der Waals surface area contributed by atoms with Crippen molar-refractivity contribution in [3.05, 3.63) is 212 Å². The van der Waals surface area contributed by atoms with Crippen molar-refractivity contribution in [1.29, 1.82) is 0 Å². The van der Waals surface area contributed by atoms with Gasteiger partial charge < -0.3 is 18.6 Å². The fourth-order valence-corrected chi connectivity index (χ4v) is 13.0. The molecule has 0 N–H and O–H groups in total. The van der Waals surface area contributed by atoms with Crippen molar-refractivity contribution in [2.45, 2.75) is 169 Å². The molecule has 8 aromatic carbocycles. The van der Waals surface area contributed by atoms with Gasteiger partial charge in [0.2, 0.25) is 0 Å². The van der Waals surface area contributed by atoms with E-state index in [2.05, 4.69) is 99.8 Å². The van der Waals surface area contributed by atoms with Crippen molar-refractivity contribution >= 4 is 54.4 Å². The molecule has 0 amide bonds. The molecule has 0 saturated heterocycles. The SMILES string of the molecule is CCCCCCCCC1(CCCCCCCC)c2cc(C)ccc2-c2c1cc(C)c1ccccc21.Cc1ccc(OCCCCCn2c3ccccc3c(=O)c3cc4c(cc32)c(=O)c2ccccc2n4COc2ccc(C)cc2)cc1. The van der Waals surface area contributed by atoms with Crippen LogP contribution in [0.25, 0.3) is 65.5 Å². The summed E-state index contributed by atoms with van der Waals surface area (Å²) in [7, 11) is 0. The Hall–Kier alpha value is -7.44. The van der Waals surface area contributed by atoms with Crippen LogP contribution in [0.15, 0.2) is 167 Å². The number of nitrogens with zero attached hydrogens (tertiary/aromatic N) is 2. The average Bonchev–Trinajstić information content (AvgIpc) is 3.96. The fourth-order valence-electron chi connectivity index (χ4n) is 13.0. The van der Waals surface area contributed by atoms with Crippen LogP contribution in [0.5, 0.6) is 11.5 Å². The molecule has 0 unspecified atom stereocenters. The van der Waals surface area contributed by atoms with Crippen molar-refractivity contribution in [3.63, 3.8) is 0 Å². The second-order valence-electron chi connectivity index (χ2n) is 23.3. The van der Waals surface area contributed by atoms with E-state index in [0.717, 1.165) is 52.9 Å². The summed E-state index contributed by atoms with van der Waals surface area (Å²) in [4.78, 5) is 27.9. The highest BCUT2D eigenvalue weighted by molar-refractivity contribution is 6.05. The fraction of sp³-hybridized carbons (Fsp3) is 0.360. The van der Waals surface area contributed by atoms with Gasteiger partial charge in [-0.2, -0.15) is 0 Å². The lowest BCUT2D eigenvalue weighted by atomic mass is 9.70. The summed E-state index contributed by atoms with van der Waals surface area (Å²) in [5.74, 6) is 1.62. The number of unbranched alkanes of at least 4 members (excludes halogenated alkanes) is 12. The first-order valence-electron chi connectivity index (χ1n) is 30.6. The van der Waals surface area contributed by atoms with Gasteiger partial charge >= 0.3 is 0 Å². The Morgan fingerprint density at radius 1 is 0.395 bits per heavy atom. The molecule has 0 atom stereocenters. The van der Waals surface area contributed by atoms with Crippen LogP contribution in [0.2, 0.25) is 0 Å². The molecule has 1 aliphatic carbocycles. The molecule has 11 rings (SSSR count). The van der Waals surface area contributed by atoms with Gasteiger partial charge in [0.1, 0.15) is 11.5 Å². The first kappa shape index (κ1) is 56.8. The molecule has 10 aromatic rings. The van der Waals surface area contributed by atoms with Gasteiger partial charge in [0.15, 0.2) is 17.6 Å². The second kappa shape index (κ2) is 26.4. The number of aromatic nitrogens is 2. The first-order valence-corrected chi connectivity index (χ1v) is 30.6. The Balaban J connectivity index is 0.000000189. The minimum absolute atomic E-state index is 0.0399. The highest BCUT2D eigenvalue weighted by Gasteiger charge is 2.43. The van der Waals surface area contributed by atoms with Gasteiger partial charge in [-0.25, -0.2) is 0 Å². The van der Waals surface area contributed by atoms with E-state index in [1.165, 1.54) is 128 Å². The summed E-state index contributed by atoms with van der Waals surface area (Å²) in [6.07, 6.45) is 21.9. The number of aryl methyl sites for hydroxylation is 5. The van der Waals surface area contributed by atoms with Crippen LogP contribution in [0.4, 0.5) is 0 Å². The van der Waals surface area contributed by atoms with E-state index in [1.807, 2.05) is 109 Å². The minimum atomic E-state index is -0.0560. The summed E-state index contributed by atoms with van der Waals surface area (Å²) in [6, 6.07) is 54.2. The third kappa shape index (κ3) is 12.4. The number of fused-ring (bicyclic) bond motifs is 9. The Labute approximate surface area is 480 Å². The summed E-state index contributed by atoms with van der Waals surface area (Å²) in [6.45, 7) is 14.9. The minimum Gasteiger partial charge on any atom is -0.494 e. The zero-order chi connectivity index (χ0) is 56.3. The molecule has 2 aromatic heterocycles. The van der Waals surface area contributed by atoms with Crippen LogP contribution in [0.3, 0.4) is 0 Å². The number of hydrogen-bond acceptors (Lipinski definition) is 4. The molecule has 0 spiro atoms. The third-order valence-electron chi connectivity index (χ3n) is 17.4. The molecular formula is C75H84N2O4. The molecule has 0 bridgehead atoms. The maximum atomic E-state index is 14.0. The van der Waals surface area contributed by atoms with E-state index in [-0.39, 0.29) is 23.0 Å². The lowest BCUT2D eigenvalue weighted by Crippen LogP contribution is -2.26. The van der Waals surface area contributed by atoms with Crippen molar-refractivity contribution in [1.82, 2.24) is 9.13 Å². The predicted molar refractivity (Wildman–Crippen MR) is 343 cm³/mol. The van der Waals surface area contributed by atoms with Crippen LogP contribution in [0, 0.1) is 27.7 Å². The van der Waals surface area contributed by atoms with Gasteiger partial charge in [-0.05, 0) is 159 Å². The molecule has 0 aliphatic heterocycles. The first-order chi connectivity index (χ1) is 39.6. The quantitative estimate of drug-likeness (QED) is 0.0447. The molecule has 0 fully saturated rings. The Bertz CT molecular complexity index is 3890. The van der Waals surface area contributed by atoms with Gasteiger partial charge in [0.25, 0.3) is 0 Å². The largest absolute Gasteiger partial charge is 0.494 e. The summed E-state index contributed by atoms with van der Waals surface area (Å²) >= 11 is 0. The van der Waals surface area contributed by atoms with Crippen LogP contribution in [-0.2, 0) is 18.7 Å². The number of ether oxygens (including phenoxy) is 2.